The fraction of sp³-hybridized carbons (Fsp3) is 0.600. The molecule has 0 heterocycles. The van der Waals surface area contributed by atoms with E-state index in [1.807, 2.05) is 30.3 Å². The summed E-state index contributed by atoms with van der Waals surface area (Å²) in [5.41, 5.74) is 1.16. The van der Waals surface area contributed by atoms with Gasteiger partial charge < -0.3 is 9.84 Å². The van der Waals surface area contributed by atoms with Gasteiger partial charge in [0.05, 0.1) is 19.3 Å². The first kappa shape index (κ1) is 14.2. The highest BCUT2D eigenvalue weighted by atomic mass is 16.5. The van der Waals surface area contributed by atoms with Crippen molar-refractivity contribution in [2.45, 2.75) is 51.7 Å². The summed E-state index contributed by atoms with van der Waals surface area (Å²) >= 11 is 0. The van der Waals surface area contributed by atoms with Crippen LogP contribution in [0, 0.1) is 0 Å². The highest BCUT2D eigenvalue weighted by Crippen LogP contribution is 2.07. The van der Waals surface area contributed by atoms with Crippen LogP contribution in [0.25, 0.3) is 0 Å². The molecule has 2 heteroatoms. The molecule has 0 aliphatic rings. The second-order valence-corrected chi connectivity index (χ2v) is 4.50. The second-order valence-electron chi connectivity index (χ2n) is 4.50. The first-order valence-corrected chi connectivity index (χ1v) is 6.62. The Bertz CT molecular complexity index is 272. The van der Waals surface area contributed by atoms with Gasteiger partial charge in [-0.2, -0.15) is 0 Å². The predicted octanol–water partition coefficient (Wildman–Crippen LogP) is 3.53. The van der Waals surface area contributed by atoms with Crippen molar-refractivity contribution in [2.75, 3.05) is 6.61 Å². The average Bonchev–Trinajstić information content (AvgIpc) is 2.36. The molecule has 0 fully saturated rings. The van der Waals surface area contributed by atoms with Gasteiger partial charge in [0.15, 0.2) is 0 Å². The summed E-state index contributed by atoms with van der Waals surface area (Å²) in [6, 6.07) is 10.1. The normalized spacial score (nSPS) is 12.6. The minimum atomic E-state index is -0.310. The number of ether oxygens (including phenoxy) is 1. The summed E-state index contributed by atoms with van der Waals surface area (Å²) in [5, 5.41) is 9.70. The van der Waals surface area contributed by atoms with Crippen LogP contribution in [0.15, 0.2) is 30.3 Å². The number of rotatable bonds is 9. The third-order valence-corrected chi connectivity index (χ3v) is 2.81. The van der Waals surface area contributed by atoms with Crippen LogP contribution in [0.3, 0.4) is 0 Å². The minimum Gasteiger partial charge on any atom is -0.391 e. The number of benzene rings is 1. The van der Waals surface area contributed by atoms with Crippen LogP contribution < -0.4 is 0 Å². The van der Waals surface area contributed by atoms with Crippen LogP contribution in [0.4, 0.5) is 0 Å². The van der Waals surface area contributed by atoms with E-state index in [0.717, 1.165) is 18.4 Å². The molecule has 0 saturated carbocycles. The quantitative estimate of drug-likeness (QED) is 0.665. The van der Waals surface area contributed by atoms with E-state index in [1.54, 1.807) is 0 Å². The average molecular weight is 236 g/mol. The van der Waals surface area contributed by atoms with E-state index in [4.69, 9.17) is 4.74 Å². The second kappa shape index (κ2) is 9.20. The van der Waals surface area contributed by atoms with Crippen LogP contribution in [-0.4, -0.2) is 17.8 Å². The largest absolute Gasteiger partial charge is 0.391 e. The Labute approximate surface area is 105 Å². The smallest absolute Gasteiger partial charge is 0.0773 e. The standard InChI is InChI=1S/C15H24O2/c1-2-3-4-8-11-15(16)13-17-12-14-9-6-5-7-10-14/h5-7,9-10,15-16H,2-4,8,11-13H2,1H3. The molecule has 1 atom stereocenters. The Morgan fingerprint density at radius 3 is 2.59 bits per heavy atom. The molecule has 0 aromatic heterocycles. The fourth-order valence-corrected chi connectivity index (χ4v) is 1.78. The van der Waals surface area contributed by atoms with Crippen molar-refractivity contribution in [3.05, 3.63) is 35.9 Å². The number of aliphatic hydroxyl groups excluding tert-OH is 1. The molecule has 1 aromatic carbocycles. The lowest BCUT2D eigenvalue weighted by molar-refractivity contribution is 0.0234. The highest BCUT2D eigenvalue weighted by molar-refractivity contribution is 5.13. The first-order valence-electron chi connectivity index (χ1n) is 6.62. The number of hydrogen-bond donors (Lipinski definition) is 1. The summed E-state index contributed by atoms with van der Waals surface area (Å²) < 4.78 is 5.49. The molecule has 0 aliphatic heterocycles. The summed E-state index contributed by atoms with van der Waals surface area (Å²) in [5.74, 6) is 0. The van der Waals surface area contributed by atoms with E-state index in [9.17, 15) is 5.11 Å². The van der Waals surface area contributed by atoms with E-state index < -0.39 is 0 Å². The van der Waals surface area contributed by atoms with Crippen molar-refractivity contribution in [3.8, 4) is 0 Å². The van der Waals surface area contributed by atoms with Crippen molar-refractivity contribution in [1.82, 2.24) is 0 Å². The van der Waals surface area contributed by atoms with E-state index in [2.05, 4.69) is 6.92 Å². The molecule has 0 aliphatic carbocycles. The zero-order chi connectivity index (χ0) is 12.3. The van der Waals surface area contributed by atoms with Gasteiger partial charge in [0.25, 0.3) is 0 Å². The van der Waals surface area contributed by atoms with E-state index in [-0.39, 0.29) is 6.10 Å². The lowest BCUT2D eigenvalue weighted by atomic mass is 10.1. The molecular formula is C15H24O2. The third-order valence-electron chi connectivity index (χ3n) is 2.81. The van der Waals surface area contributed by atoms with Gasteiger partial charge in [-0.3, -0.25) is 0 Å². The summed E-state index contributed by atoms with van der Waals surface area (Å²) in [4.78, 5) is 0. The van der Waals surface area contributed by atoms with Crippen LogP contribution in [0.2, 0.25) is 0 Å². The molecule has 0 radical (unpaired) electrons. The Kier molecular flexibility index (Phi) is 7.69. The topological polar surface area (TPSA) is 29.5 Å². The maximum absolute atomic E-state index is 9.70. The van der Waals surface area contributed by atoms with Gasteiger partial charge in [-0.05, 0) is 12.0 Å². The highest BCUT2D eigenvalue weighted by Gasteiger charge is 2.03. The summed E-state index contributed by atoms with van der Waals surface area (Å²) in [6.07, 6.45) is 5.36. The zero-order valence-electron chi connectivity index (χ0n) is 10.8. The minimum absolute atomic E-state index is 0.310. The van der Waals surface area contributed by atoms with Crippen molar-refractivity contribution < 1.29 is 9.84 Å². The zero-order valence-corrected chi connectivity index (χ0v) is 10.8. The number of unbranched alkanes of at least 4 members (excludes halogenated alkanes) is 3. The lowest BCUT2D eigenvalue weighted by Gasteiger charge is -2.11. The van der Waals surface area contributed by atoms with Crippen LogP contribution in [0.1, 0.15) is 44.6 Å². The molecular weight excluding hydrogens is 212 g/mol. The van der Waals surface area contributed by atoms with Gasteiger partial charge in [-0.15, -0.1) is 0 Å². The predicted molar refractivity (Wildman–Crippen MR) is 70.9 cm³/mol. The number of hydrogen-bond acceptors (Lipinski definition) is 2. The molecule has 0 saturated heterocycles. The van der Waals surface area contributed by atoms with Gasteiger partial charge >= 0.3 is 0 Å². The molecule has 96 valence electrons. The van der Waals surface area contributed by atoms with Gasteiger partial charge in [0.2, 0.25) is 0 Å². The van der Waals surface area contributed by atoms with Gasteiger partial charge in [0.1, 0.15) is 0 Å². The fourth-order valence-electron chi connectivity index (χ4n) is 1.78. The monoisotopic (exact) mass is 236 g/mol. The third kappa shape index (κ3) is 7.14. The Hall–Kier alpha value is -0.860. The Balaban J connectivity index is 2.02. The number of aliphatic hydroxyl groups is 1. The summed E-state index contributed by atoms with van der Waals surface area (Å²) in [7, 11) is 0. The Morgan fingerprint density at radius 2 is 1.88 bits per heavy atom. The molecule has 1 unspecified atom stereocenters. The van der Waals surface area contributed by atoms with E-state index >= 15 is 0 Å². The molecule has 2 nitrogen and oxygen atoms in total. The van der Waals surface area contributed by atoms with Gasteiger partial charge in [-0.1, -0.05) is 62.9 Å². The molecule has 0 spiro atoms. The Morgan fingerprint density at radius 1 is 1.12 bits per heavy atom. The van der Waals surface area contributed by atoms with Crippen LogP contribution in [0.5, 0.6) is 0 Å². The van der Waals surface area contributed by atoms with Crippen LogP contribution >= 0.6 is 0 Å². The van der Waals surface area contributed by atoms with E-state index in [1.165, 1.54) is 19.3 Å². The molecule has 1 rings (SSSR count). The first-order chi connectivity index (χ1) is 8.33. The molecule has 1 aromatic rings. The molecule has 0 amide bonds. The molecule has 17 heavy (non-hydrogen) atoms. The van der Waals surface area contributed by atoms with Crippen LogP contribution in [-0.2, 0) is 11.3 Å². The summed E-state index contributed by atoms with van der Waals surface area (Å²) in [6.45, 7) is 3.23. The van der Waals surface area contributed by atoms with Crippen molar-refractivity contribution in [2.24, 2.45) is 0 Å². The van der Waals surface area contributed by atoms with Crippen molar-refractivity contribution >= 4 is 0 Å². The molecule has 1 N–H and O–H groups in total. The van der Waals surface area contributed by atoms with Gasteiger partial charge in [0, 0.05) is 0 Å². The molecule has 0 bridgehead atoms. The lowest BCUT2D eigenvalue weighted by Crippen LogP contribution is -2.15. The maximum atomic E-state index is 9.70. The SMILES string of the molecule is CCCCCCC(O)COCc1ccccc1. The van der Waals surface area contributed by atoms with Crippen molar-refractivity contribution in [3.63, 3.8) is 0 Å². The van der Waals surface area contributed by atoms with Crippen molar-refractivity contribution in [1.29, 1.82) is 0 Å². The van der Waals surface area contributed by atoms with E-state index in [0.29, 0.717) is 13.2 Å². The maximum Gasteiger partial charge on any atom is 0.0773 e. The van der Waals surface area contributed by atoms with Gasteiger partial charge in [-0.25, -0.2) is 0 Å².